The number of rotatable bonds is 2. The van der Waals surface area contributed by atoms with Crippen molar-refractivity contribution in [3.05, 3.63) is 51.3 Å². The number of carbonyl (C=O) groups is 1. The van der Waals surface area contributed by atoms with E-state index in [4.69, 9.17) is 16.0 Å². The van der Waals surface area contributed by atoms with E-state index in [-0.39, 0.29) is 11.7 Å². The molecular formula is C15H14ClNO3. The van der Waals surface area contributed by atoms with Gasteiger partial charge >= 0.3 is 5.76 Å². The van der Waals surface area contributed by atoms with Gasteiger partial charge in [-0.1, -0.05) is 11.6 Å². The predicted octanol–water partition coefficient (Wildman–Crippen LogP) is 2.78. The molecule has 20 heavy (non-hydrogen) atoms. The molecule has 1 aromatic carbocycles. The van der Waals surface area contributed by atoms with E-state index in [0.717, 1.165) is 17.8 Å². The molecule has 0 amide bonds. The van der Waals surface area contributed by atoms with Crippen LogP contribution >= 0.6 is 11.6 Å². The number of nitrogens with zero attached hydrogens (tertiary/aromatic N) is 1. The summed E-state index contributed by atoms with van der Waals surface area (Å²) < 4.78 is 6.90. The highest BCUT2D eigenvalue weighted by Crippen LogP contribution is 2.27. The molecule has 1 heterocycles. The van der Waals surface area contributed by atoms with E-state index < -0.39 is 5.76 Å². The Labute approximate surface area is 121 Å². The van der Waals surface area contributed by atoms with E-state index >= 15 is 0 Å². The van der Waals surface area contributed by atoms with Gasteiger partial charge in [0.2, 0.25) is 0 Å². The summed E-state index contributed by atoms with van der Waals surface area (Å²) >= 11 is 5.86. The third-order valence-electron chi connectivity index (χ3n) is 3.81. The molecule has 1 aliphatic carbocycles. The van der Waals surface area contributed by atoms with Crippen LogP contribution in [-0.2, 0) is 17.6 Å². The number of halogens is 1. The second-order valence-electron chi connectivity index (χ2n) is 5.10. The van der Waals surface area contributed by atoms with Crippen molar-refractivity contribution in [1.82, 2.24) is 4.57 Å². The normalized spacial score (nSPS) is 17.8. The van der Waals surface area contributed by atoms with E-state index in [2.05, 4.69) is 0 Å². The van der Waals surface area contributed by atoms with Gasteiger partial charge in [0.05, 0.1) is 11.4 Å². The van der Waals surface area contributed by atoms with E-state index in [1.54, 1.807) is 35.8 Å². The second kappa shape index (κ2) is 4.94. The van der Waals surface area contributed by atoms with Crippen LogP contribution in [0.4, 0.5) is 0 Å². The first-order valence-corrected chi connectivity index (χ1v) is 6.94. The van der Waals surface area contributed by atoms with Crippen LogP contribution in [0.5, 0.6) is 0 Å². The molecule has 0 N–H and O–H groups in total. The van der Waals surface area contributed by atoms with Crippen LogP contribution in [0.2, 0.25) is 5.02 Å². The summed E-state index contributed by atoms with van der Waals surface area (Å²) in [6.45, 7) is 1.59. The molecule has 0 bridgehead atoms. The zero-order valence-electron chi connectivity index (χ0n) is 11.1. The zero-order chi connectivity index (χ0) is 14.3. The fourth-order valence-corrected chi connectivity index (χ4v) is 2.82. The molecule has 1 atom stereocenters. The Kier molecular flexibility index (Phi) is 3.26. The Morgan fingerprint density at radius 3 is 2.70 bits per heavy atom. The highest BCUT2D eigenvalue weighted by molar-refractivity contribution is 6.30. The molecule has 104 valence electrons. The summed E-state index contributed by atoms with van der Waals surface area (Å²) in [5, 5.41) is 0.621. The van der Waals surface area contributed by atoms with Crippen molar-refractivity contribution in [2.24, 2.45) is 5.92 Å². The van der Waals surface area contributed by atoms with Gasteiger partial charge in [-0.2, -0.15) is 0 Å². The smallest absolute Gasteiger partial charge is 0.412 e. The van der Waals surface area contributed by atoms with E-state index in [1.165, 1.54) is 0 Å². The minimum absolute atomic E-state index is 0.0354. The highest BCUT2D eigenvalue weighted by atomic mass is 35.5. The third kappa shape index (κ3) is 2.20. The van der Waals surface area contributed by atoms with Crippen LogP contribution < -0.4 is 5.76 Å². The van der Waals surface area contributed by atoms with Crippen LogP contribution in [-0.4, -0.2) is 10.4 Å². The summed E-state index contributed by atoms with van der Waals surface area (Å²) in [7, 11) is 0. The van der Waals surface area contributed by atoms with Crippen LogP contribution in [0, 0.1) is 5.92 Å². The van der Waals surface area contributed by atoms with E-state index in [1.807, 2.05) is 0 Å². The fourth-order valence-electron chi connectivity index (χ4n) is 2.69. The van der Waals surface area contributed by atoms with Crippen LogP contribution in [0.15, 0.2) is 33.5 Å². The number of carbonyl (C=O) groups excluding carboxylic acids is 1. The Bertz CT molecular complexity index is 712. The highest BCUT2D eigenvalue weighted by Gasteiger charge is 2.28. The lowest BCUT2D eigenvalue weighted by molar-refractivity contribution is -0.121. The Hall–Kier alpha value is -1.81. The predicted molar refractivity (Wildman–Crippen MR) is 75.5 cm³/mol. The molecule has 0 saturated heterocycles. The molecule has 3 rings (SSSR count). The number of fused-ring (bicyclic) bond motifs is 1. The van der Waals surface area contributed by atoms with Gasteiger partial charge in [-0.05, 0) is 44.0 Å². The number of hydrogen-bond donors (Lipinski definition) is 0. The molecule has 1 aliphatic rings. The van der Waals surface area contributed by atoms with Crippen molar-refractivity contribution < 1.29 is 9.21 Å². The largest absolute Gasteiger partial charge is 0.424 e. The lowest BCUT2D eigenvalue weighted by Crippen LogP contribution is -2.22. The summed E-state index contributed by atoms with van der Waals surface area (Å²) in [5.41, 5.74) is 1.61. The van der Waals surface area contributed by atoms with Crippen LogP contribution in [0.3, 0.4) is 0 Å². The van der Waals surface area contributed by atoms with Gasteiger partial charge in [0.15, 0.2) is 0 Å². The molecular weight excluding hydrogens is 278 g/mol. The summed E-state index contributed by atoms with van der Waals surface area (Å²) in [4.78, 5) is 23.5. The first-order chi connectivity index (χ1) is 9.56. The first-order valence-electron chi connectivity index (χ1n) is 6.56. The van der Waals surface area contributed by atoms with Crippen molar-refractivity contribution in [3.63, 3.8) is 0 Å². The number of ketones is 1. The minimum atomic E-state index is -0.401. The van der Waals surface area contributed by atoms with Crippen LogP contribution in [0.1, 0.15) is 24.8 Å². The molecule has 0 radical (unpaired) electrons. The quantitative estimate of drug-likeness (QED) is 0.855. The van der Waals surface area contributed by atoms with Gasteiger partial charge in [-0.25, -0.2) is 9.36 Å². The van der Waals surface area contributed by atoms with Gasteiger partial charge in [-0.15, -0.1) is 0 Å². The standard InChI is InChI=1S/C15H14ClNO3/c1-9(18)10-2-7-13-14(8-10)20-15(19)17(13)12-5-3-11(16)4-6-12/h3-6,10H,2,7-8H2,1H3/t10-/m1/s1. The SMILES string of the molecule is CC(=O)[C@@H]1CCc2c(oc(=O)n2-c2ccc(Cl)cc2)C1. The molecule has 4 nitrogen and oxygen atoms in total. The van der Waals surface area contributed by atoms with Crippen molar-refractivity contribution in [3.8, 4) is 5.69 Å². The van der Waals surface area contributed by atoms with Gasteiger partial charge in [-0.3, -0.25) is 4.79 Å². The maximum Gasteiger partial charge on any atom is 0.424 e. The third-order valence-corrected chi connectivity index (χ3v) is 4.06. The average Bonchev–Trinajstić information content (AvgIpc) is 2.74. The van der Waals surface area contributed by atoms with Gasteiger partial charge < -0.3 is 4.42 Å². The summed E-state index contributed by atoms with van der Waals surface area (Å²) in [6, 6.07) is 7.06. The summed E-state index contributed by atoms with van der Waals surface area (Å²) in [6.07, 6.45) is 1.95. The lowest BCUT2D eigenvalue weighted by atomic mass is 9.87. The molecule has 0 fully saturated rings. The number of benzene rings is 1. The number of aromatic nitrogens is 1. The Morgan fingerprint density at radius 1 is 1.35 bits per heavy atom. The maximum atomic E-state index is 12.0. The topological polar surface area (TPSA) is 52.2 Å². The Balaban J connectivity index is 2.05. The second-order valence-corrected chi connectivity index (χ2v) is 5.54. The van der Waals surface area contributed by atoms with E-state index in [9.17, 15) is 9.59 Å². The van der Waals surface area contributed by atoms with Gasteiger partial charge in [0.25, 0.3) is 0 Å². The van der Waals surface area contributed by atoms with Crippen molar-refractivity contribution >= 4 is 17.4 Å². The van der Waals surface area contributed by atoms with Gasteiger partial charge in [0, 0.05) is 17.4 Å². The Morgan fingerprint density at radius 2 is 2.05 bits per heavy atom. The zero-order valence-corrected chi connectivity index (χ0v) is 11.8. The molecule has 0 spiro atoms. The fraction of sp³-hybridized carbons (Fsp3) is 0.333. The van der Waals surface area contributed by atoms with E-state index in [0.29, 0.717) is 23.6 Å². The van der Waals surface area contributed by atoms with Crippen molar-refractivity contribution in [1.29, 1.82) is 0 Å². The molecule has 0 aliphatic heterocycles. The number of hydrogen-bond acceptors (Lipinski definition) is 3. The maximum absolute atomic E-state index is 12.0. The molecule has 0 unspecified atom stereocenters. The van der Waals surface area contributed by atoms with Crippen molar-refractivity contribution in [2.75, 3.05) is 0 Å². The number of Topliss-reactive ketones (excluding diaryl/α,β-unsaturated/α-hetero) is 1. The lowest BCUT2D eigenvalue weighted by Gasteiger charge is -2.19. The van der Waals surface area contributed by atoms with Crippen LogP contribution in [0.25, 0.3) is 5.69 Å². The first kappa shape index (κ1) is 13.2. The molecule has 0 saturated carbocycles. The van der Waals surface area contributed by atoms with Crippen molar-refractivity contribution in [2.45, 2.75) is 26.2 Å². The average molecular weight is 292 g/mol. The van der Waals surface area contributed by atoms with Gasteiger partial charge in [0.1, 0.15) is 11.5 Å². The summed E-state index contributed by atoms with van der Waals surface area (Å²) in [5.74, 6) is 0.349. The monoisotopic (exact) mass is 291 g/mol. The molecule has 5 heteroatoms. The minimum Gasteiger partial charge on any atom is -0.412 e. The molecule has 2 aromatic rings. The number of oxazole rings is 1. The molecule has 1 aromatic heterocycles.